The average molecular weight is 609 g/mol. The molecule has 0 unspecified atom stereocenters. The van der Waals surface area contributed by atoms with E-state index in [0.29, 0.717) is 40.9 Å². The van der Waals surface area contributed by atoms with Crippen molar-refractivity contribution in [2.45, 2.75) is 24.2 Å². The Morgan fingerprint density at radius 2 is 1.88 bits per heavy atom. The maximum atomic E-state index is 15.4. The van der Waals surface area contributed by atoms with Crippen molar-refractivity contribution in [3.05, 3.63) is 101 Å². The van der Waals surface area contributed by atoms with E-state index >= 15 is 4.39 Å². The quantitative estimate of drug-likeness (QED) is 0.281. The molecule has 4 aromatic rings. The summed E-state index contributed by atoms with van der Waals surface area (Å²) in [5.74, 6) is -1.91. The molecule has 1 saturated heterocycles. The molecule has 0 radical (unpaired) electrons. The first kappa shape index (κ1) is 28.4. The van der Waals surface area contributed by atoms with Gasteiger partial charge in [0.05, 0.1) is 33.5 Å². The van der Waals surface area contributed by atoms with Crippen LogP contribution in [-0.4, -0.2) is 53.1 Å². The van der Waals surface area contributed by atoms with Crippen molar-refractivity contribution in [3.63, 3.8) is 0 Å². The molecule has 42 heavy (non-hydrogen) atoms. The number of anilines is 1. The minimum Gasteiger partial charge on any atom is -0.376 e. The summed E-state index contributed by atoms with van der Waals surface area (Å²) >= 11 is 7.84. The van der Waals surface area contributed by atoms with E-state index < -0.39 is 16.9 Å². The summed E-state index contributed by atoms with van der Waals surface area (Å²) in [5, 5.41) is 7.46. The number of aromatic nitrogens is 2. The first-order valence-corrected chi connectivity index (χ1v) is 15.0. The molecule has 0 aliphatic carbocycles. The van der Waals surface area contributed by atoms with Gasteiger partial charge in [-0.15, -0.1) is 11.8 Å². The molecule has 0 saturated carbocycles. The van der Waals surface area contributed by atoms with Crippen LogP contribution in [0, 0.1) is 11.6 Å². The number of nitrogens with one attached hydrogen (secondary N) is 1. The van der Waals surface area contributed by atoms with E-state index in [9.17, 15) is 14.0 Å². The molecule has 2 atom stereocenters. The third kappa shape index (κ3) is 5.66. The van der Waals surface area contributed by atoms with Crippen LogP contribution in [0.4, 0.5) is 14.6 Å². The zero-order valence-corrected chi connectivity index (χ0v) is 24.0. The number of rotatable bonds is 7. The Hall–Kier alpha value is -3.73. The summed E-state index contributed by atoms with van der Waals surface area (Å²) in [4.78, 5) is 28.4. The van der Waals surface area contributed by atoms with Gasteiger partial charge in [0.2, 0.25) is 11.8 Å². The molecule has 1 N–H and O–H groups in total. The van der Waals surface area contributed by atoms with Crippen LogP contribution in [0.5, 0.6) is 0 Å². The van der Waals surface area contributed by atoms with Crippen LogP contribution in [0.25, 0.3) is 16.9 Å². The molecule has 0 bridgehead atoms. The normalized spacial score (nSPS) is 18.5. The Kier molecular flexibility index (Phi) is 8.28. The Bertz CT molecular complexity index is 1630. The fourth-order valence-corrected chi connectivity index (χ4v) is 6.75. The van der Waals surface area contributed by atoms with E-state index in [1.165, 1.54) is 28.8 Å². The summed E-state index contributed by atoms with van der Waals surface area (Å²) in [6.45, 7) is 0.708. The van der Waals surface area contributed by atoms with Crippen LogP contribution in [0.3, 0.4) is 0 Å². The zero-order chi connectivity index (χ0) is 29.2. The standard InChI is InChI=1S/C31H27ClF2N4O3S/c32-23-10-4-5-11-25(23)38-31-28(29(36-38)19-7-2-1-3-8-19)30(22-13-12-20(33)15-24(22)34)42-18-27(40)37(31)17-26(39)35-16-21-9-6-14-41-21/h1-5,7-8,10-13,15,21,30H,6,9,14,16-18H2,(H,35,39)/t21-,30-/m0/s1. The van der Waals surface area contributed by atoms with Gasteiger partial charge >= 0.3 is 0 Å². The minimum atomic E-state index is -0.740. The van der Waals surface area contributed by atoms with Gasteiger partial charge in [-0.2, -0.15) is 5.10 Å². The Balaban J connectivity index is 1.54. The Morgan fingerprint density at radius 1 is 1.10 bits per heavy atom. The lowest BCUT2D eigenvalue weighted by Gasteiger charge is -2.24. The number of ether oxygens (including phenoxy) is 1. The van der Waals surface area contributed by atoms with Crippen molar-refractivity contribution in [2.24, 2.45) is 0 Å². The third-order valence-electron chi connectivity index (χ3n) is 7.31. The summed E-state index contributed by atoms with van der Waals surface area (Å²) < 4.78 is 36.5. The summed E-state index contributed by atoms with van der Waals surface area (Å²) in [5.41, 5.74) is 2.43. The molecule has 1 aromatic heterocycles. The van der Waals surface area contributed by atoms with Crippen LogP contribution < -0.4 is 10.2 Å². The average Bonchev–Trinajstić information content (AvgIpc) is 3.62. The van der Waals surface area contributed by atoms with Gasteiger partial charge in [0.1, 0.15) is 24.0 Å². The van der Waals surface area contributed by atoms with E-state index in [2.05, 4.69) is 5.32 Å². The summed E-state index contributed by atoms with van der Waals surface area (Å²) in [7, 11) is 0. The first-order chi connectivity index (χ1) is 20.4. The second-order valence-corrected chi connectivity index (χ2v) is 11.6. The maximum absolute atomic E-state index is 15.4. The lowest BCUT2D eigenvalue weighted by molar-refractivity contribution is -0.123. The number of halogens is 3. The first-order valence-electron chi connectivity index (χ1n) is 13.6. The molecule has 11 heteroatoms. The van der Waals surface area contributed by atoms with E-state index in [4.69, 9.17) is 21.4 Å². The number of hydrogen-bond acceptors (Lipinski definition) is 5. The van der Waals surface area contributed by atoms with Crippen LogP contribution in [-0.2, 0) is 14.3 Å². The highest BCUT2D eigenvalue weighted by atomic mass is 35.5. The molecule has 2 amide bonds. The molecular weight excluding hydrogens is 582 g/mol. The number of fused-ring (bicyclic) bond motifs is 1. The minimum absolute atomic E-state index is 0.0497. The molecule has 0 spiro atoms. The Labute approximate surface area is 250 Å². The molecule has 216 valence electrons. The highest BCUT2D eigenvalue weighted by Crippen LogP contribution is 2.49. The predicted molar refractivity (Wildman–Crippen MR) is 159 cm³/mol. The van der Waals surface area contributed by atoms with Crippen LogP contribution in [0.2, 0.25) is 5.02 Å². The molecule has 3 heterocycles. The van der Waals surface area contributed by atoms with E-state index in [0.717, 1.165) is 24.5 Å². The topological polar surface area (TPSA) is 76.5 Å². The van der Waals surface area contributed by atoms with Crippen LogP contribution in [0.1, 0.15) is 29.2 Å². The van der Waals surface area contributed by atoms with Crippen molar-refractivity contribution in [1.82, 2.24) is 15.1 Å². The van der Waals surface area contributed by atoms with Crippen molar-refractivity contribution in [1.29, 1.82) is 0 Å². The summed E-state index contributed by atoms with van der Waals surface area (Å²) in [6, 6.07) is 19.8. The van der Waals surface area contributed by atoms with Gasteiger partial charge in [0, 0.05) is 35.9 Å². The van der Waals surface area contributed by atoms with Crippen LogP contribution in [0.15, 0.2) is 72.8 Å². The second kappa shape index (κ2) is 12.2. The number of hydrogen-bond donors (Lipinski definition) is 1. The van der Waals surface area contributed by atoms with Gasteiger partial charge in [0.15, 0.2) is 0 Å². The lowest BCUT2D eigenvalue weighted by Crippen LogP contribution is -2.44. The lowest BCUT2D eigenvalue weighted by atomic mass is 9.99. The number of para-hydroxylation sites is 1. The van der Waals surface area contributed by atoms with E-state index in [-0.39, 0.29) is 35.8 Å². The fourth-order valence-electron chi connectivity index (χ4n) is 5.31. The van der Waals surface area contributed by atoms with Gasteiger partial charge < -0.3 is 10.1 Å². The largest absolute Gasteiger partial charge is 0.376 e. The number of amides is 2. The Morgan fingerprint density at radius 3 is 2.62 bits per heavy atom. The van der Waals surface area contributed by atoms with Crippen molar-refractivity contribution in [2.75, 3.05) is 30.3 Å². The van der Waals surface area contributed by atoms with Gasteiger partial charge in [-0.25, -0.2) is 13.5 Å². The number of nitrogens with zero attached hydrogens (tertiary/aromatic N) is 3. The second-order valence-electron chi connectivity index (χ2n) is 10.1. The maximum Gasteiger partial charge on any atom is 0.240 e. The van der Waals surface area contributed by atoms with Gasteiger partial charge in [-0.3, -0.25) is 14.5 Å². The van der Waals surface area contributed by atoms with Gasteiger partial charge in [0.25, 0.3) is 0 Å². The SMILES string of the molecule is O=C(CN1C(=O)CS[C@@H](c2ccc(F)cc2F)c2c(-c3ccccc3)nn(-c3ccccc3Cl)c21)NC[C@@H]1CCCO1. The zero-order valence-electron chi connectivity index (χ0n) is 22.4. The van der Waals surface area contributed by atoms with Crippen molar-refractivity contribution >= 4 is 41.0 Å². The number of benzene rings is 3. The van der Waals surface area contributed by atoms with Crippen molar-refractivity contribution in [3.8, 4) is 16.9 Å². The van der Waals surface area contributed by atoms with E-state index in [1.54, 1.807) is 28.9 Å². The summed E-state index contributed by atoms with van der Waals surface area (Å²) in [6.07, 6.45) is 1.73. The van der Waals surface area contributed by atoms with Crippen molar-refractivity contribution < 1.29 is 23.1 Å². The van der Waals surface area contributed by atoms with Gasteiger partial charge in [-0.05, 0) is 31.0 Å². The highest BCUT2D eigenvalue weighted by molar-refractivity contribution is 8.00. The van der Waals surface area contributed by atoms with Gasteiger partial charge in [-0.1, -0.05) is 60.1 Å². The highest BCUT2D eigenvalue weighted by Gasteiger charge is 2.39. The monoisotopic (exact) mass is 608 g/mol. The predicted octanol–water partition coefficient (Wildman–Crippen LogP) is 5.94. The molecular formula is C31H27ClF2N4O3S. The van der Waals surface area contributed by atoms with Crippen LogP contribution >= 0.6 is 23.4 Å². The molecule has 3 aromatic carbocycles. The van der Waals surface area contributed by atoms with E-state index in [1.807, 2.05) is 30.3 Å². The number of carbonyl (C=O) groups excluding carboxylic acids is 2. The number of carbonyl (C=O) groups is 2. The fraction of sp³-hybridized carbons (Fsp3) is 0.258. The third-order valence-corrected chi connectivity index (χ3v) is 8.87. The molecule has 6 rings (SSSR count). The number of thioether (sulfide) groups is 1. The molecule has 7 nitrogen and oxygen atoms in total. The smallest absolute Gasteiger partial charge is 0.240 e. The molecule has 1 fully saturated rings. The molecule has 2 aliphatic rings. The molecule has 2 aliphatic heterocycles.